The number of pyridine rings is 1. The third kappa shape index (κ3) is 2.84. The van der Waals surface area contributed by atoms with Gasteiger partial charge < -0.3 is 10.6 Å². The monoisotopic (exact) mass is 281 g/mol. The molecule has 0 aromatic carbocycles. The average molecular weight is 282 g/mol. The molecule has 4 nitrogen and oxygen atoms in total. The fourth-order valence-electron chi connectivity index (χ4n) is 2.76. The predicted octanol–water partition coefficient (Wildman–Crippen LogP) is 2.97. The van der Waals surface area contributed by atoms with Crippen molar-refractivity contribution in [3.8, 4) is 0 Å². The number of hydrogen-bond donors (Lipinski definition) is 1. The van der Waals surface area contributed by atoms with Crippen molar-refractivity contribution in [3.63, 3.8) is 0 Å². The number of amides is 1. The number of anilines is 1. The summed E-state index contributed by atoms with van der Waals surface area (Å²) in [5.74, 6) is 0.284. The van der Waals surface area contributed by atoms with Gasteiger partial charge in [0, 0.05) is 18.7 Å². The zero-order valence-corrected chi connectivity index (χ0v) is 12.2. The third-order valence-electron chi connectivity index (χ3n) is 4.29. The molecule has 0 spiro atoms. The summed E-state index contributed by atoms with van der Waals surface area (Å²) in [5.41, 5.74) is 6.44. The highest BCUT2D eigenvalue weighted by Gasteiger charge is 2.37. The van der Waals surface area contributed by atoms with Crippen LogP contribution < -0.4 is 5.73 Å². The Bertz CT molecular complexity index is 465. The number of nitrogens with zero attached hydrogens (tertiary/aromatic N) is 2. The second kappa shape index (κ2) is 5.37. The summed E-state index contributed by atoms with van der Waals surface area (Å²) in [7, 11) is 0. The van der Waals surface area contributed by atoms with E-state index in [1.54, 1.807) is 12.1 Å². The molecule has 0 aliphatic carbocycles. The van der Waals surface area contributed by atoms with Gasteiger partial charge in [0.15, 0.2) is 0 Å². The van der Waals surface area contributed by atoms with E-state index >= 15 is 0 Å². The maximum Gasteiger partial charge on any atom is 0.254 e. The molecule has 1 fully saturated rings. The molecule has 1 saturated heterocycles. The number of nitrogens with two attached hydrogens (primary N) is 1. The van der Waals surface area contributed by atoms with Crippen LogP contribution in [0.1, 0.15) is 43.5 Å². The minimum absolute atomic E-state index is 0.000208. The normalized spacial score (nSPS) is 17.7. The first-order valence-electron chi connectivity index (χ1n) is 6.72. The zero-order valence-electron chi connectivity index (χ0n) is 11.4. The Morgan fingerprint density at radius 1 is 1.47 bits per heavy atom. The fourth-order valence-corrected chi connectivity index (χ4v) is 2.97. The highest BCUT2D eigenvalue weighted by atomic mass is 35.5. The summed E-state index contributed by atoms with van der Waals surface area (Å²) in [6.07, 6.45) is 3.28. The van der Waals surface area contributed by atoms with Crippen molar-refractivity contribution >= 4 is 23.3 Å². The van der Waals surface area contributed by atoms with Crippen molar-refractivity contribution in [2.75, 3.05) is 18.8 Å². The minimum Gasteiger partial charge on any atom is -0.384 e. The van der Waals surface area contributed by atoms with Gasteiger partial charge in [0.25, 0.3) is 5.91 Å². The van der Waals surface area contributed by atoms with Crippen LogP contribution in [0.4, 0.5) is 5.82 Å². The van der Waals surface area contributed by atoms with E-state index in [4.69, 9.17) is 17.3 Å². The number of carbonyl (C=O) groups excluding carboxylic acids is 1. The number of rotatable bonds is 3. The largest absolute Gasteiger partial charge is 0.384 e. The molecule has 2 N–H and O–H groups in total. The van der Waals surface area contributed by atoms with Crippen LogP contribution in [0.2, 0.25) is 5.15 Å². The maximum atomic E-state index is 12.5. The quantitative estimate of drug-likeness (QED) is 0.867. The summed E-state index contributed by atoms with van der Waals surface area (Å²) in [6, 6.07) is 3.17. The smallest absolute Gasteiger partial charge is 0.254 e. The van der Waals surface area contributed by atoms with Crippen LogP contribution in [0.3, 0.4) is 0 Å². The van der Waals surface area contributed by atoms with E-state index in [2.05, 4.69) is 18.8 Å². The Hall–Kier alpha value is -1.29. The lowest BCUT2D eigenvalue weighted by atomic mass is 9.82. The van der Waals surface area contributed by atoms with Gasteiger partial charge in [-0.3, -0.25) is 4.79 Å². The van der Waals surface area contributed by atoms with E-state index in [1.165, 1.54) is 0 Å². The molecule has 2 rings (SSSR count). The molecule has 0 radical (unpaired) electrons. The fraction of sp³-hybridized carbons (Fsp3) is 0.571. The predicted molar refractivity (Wildman–Crippen MR) is 77.2 cm³/mol. The number of carbonyl (C=O) groups is 1. The Morgan fingerprint density at radius 2 is 2.16 bits per heavy atom. The van der Waals surface area contributed by atoms with E-state index < -0.39 is 0 Å². The summed E-state index contributed by atoms with van der Waals surface area (Å²) in [4.78, 5) is 18.2. The number of halogens is 1. The molecular formula is C14H20ClN3O. The Kier molecular flexibility index (Phi) is 3.99. The van der Waals surface area contributed by atoms with Crippen molar-refractivity contribution in [1.82, 2.24) is 9.88 Å². The standard InChI is InChI=1S/C14H20ClN3O/c1-3-14(4-2)5-6-18(9-14)13(19)10-7-11(15)17-12(16)8-10/h7-8H,3-6,9H2,1-2H3,(H2,16,17). The summed E-state index contributed by atoms with van der Waals surface area (Å²) in [6.45, 7) is 6.01. The van der Waals surface area contributed by atoms with Crippen LogP contribution in [-0.2, 0) is 0 Å². The average Bonchev–Trinajstić information content (AvgIpc) is 2.82. The lowest BCUT2D eigenvalue weighted by Gasteiger charge is -2.26. The van der Waals surface area contributed by atoms with Crippen LogP contribution in [0.25, 0.3) is 0 Å². The second-order valence-electron chi connectivity index (χ2n) is 5.29. The second-order valence-corrected chi connectivity index (χ2v) is 5.67. The van der Waals surface area contributed by atoms with Gasteiger partial charge in [0.05, 0.1) is 0 Å². The molecule has 0 bridgehead atoms. The van der Waals surface area contributed by atoms with Gasteiger partial charge in [-0.25, -0.2) is 4.98 Å². The van der Waals surface area contributed by atoms with Crippen LogP contribution in [0, 0.1) is 5.41 Å². The molecule has 19 heavy (non-hydrogen) atoms. The Morgan fingerprint density at radius 3 is 2.68 bits per heavy atom. The highest BCUT2D eigenvalue weighted by Crippen LogP contribution is 2.37. The van der Waals surface area contributed by atoms with E-state index in [0.29, 0.717) is 5.56 Å². The lowest BCUT2D eigenvalue weighted by molar-refractivity contribution is 0.0770. The zero-order chi connectivity index (χ0) is 14.0. The van der Waals surface area contributed by atoms with Gasteiger partial charge in [-0.05, 0) is 36.8 Å². The molecule has 1 aliphatic heterocycles. The molecule has 0 atom stereocenters. The maximum absolute atomic E-state index is 12.5. The molecule has 1 aromatic heterocycles. The van der Waals surface area contributed by atoms with Crippen molar-refractivity contribution < 1.29 is 4.79 Å². The van der Waals surface area contributed by atoms with Crippen LogP contribution >= 0.6 is 11.6 Å². The molecule has 0 unspecified atom stereocenters. The number of likely N-dealkylation sites (tertiary alicyclic amines) is 1. The van der Waals surface area contributed by atoms with E-state index in [1.807, 2.05) is 4.90 Å². The number of hydrogen-bond acceptors (Lipinski definition) is 3. The van der Waals surface area contributed by atoms with Crippen molar-refractivity contribution in [3.05, 3.63) is 22.8 Å². The SMILES string of the molecule is CCC1(CC)CCN(C(=O)c2cc(N)nc(Cl)c2)C1. The highest BCUT2D eigenvalue weighted by molar-refractivity contribution is 6.29. The first kappa shape index (κ1) is 14.1. The van der Waals surface area contributed by atoms with Crippen LogP contribution in [-0.4, -0.2) is 28.9 Å². The van der Waals surface area contributed by atoms with Gasteiger partial charge in [0.1, 0.15) is 11.0 Å². The molecule has 0 saturated carbocycles. The lowest BCUT2D eigenvalue weighted by Crippen LogP contribution is -2.31. The molecule has 1 aliphatic rings. The molecule has 1 aromatic rings. The Labute approximate surface area is 118 Å². The molecule has 5 heteroatoms. The van der Waals surface area contributed by atoms with Gasteiger partial charge in [-0.15, -0.1) is 0 Å². The van der Waals surface area contributed by atoms with E-state index in [0.717, 1.165) is 32.4 Å². The Balaban J connectivity index is 2.17. The number of aromatic nitrogens is 1. The minimum atomic E-state index is -0.000208. The van der Waals surface area contributed by atoms with Gasteiger partial charge in [-0.2, -0.15) is 0 Å². The first-order chi connectivity index (χ1) is 8.99. The summed E-state index contributed by atoms with van der Waals surface area (Å²) >= 11 is 5.85. The summed E-state index contributed by atoms with van der Waals surface area (Å²) < 4.78 is 0. The van der Waals surface area contributed by atoms with Crippen molar-refractivity contribution in [2.24, 2.45) is 5.41 Å². The van der Waals surface area contributed by atoms with Gasteiger partial charge >= 0.3 is 0 Å². The molecule has 1 amide bonds. The topological polar surface area (TPSA) is 59.2 Å². The molecule has 2 heterocycles. The van der Waals surface area contributed by atoms with Crippen molar-refractivity contribution in [1.29, 1.82) is 0 Å². The molecular weight excluding hydrogens is 262 g/mol. The van der Waals surface area contributed by atoms with Crippen LogP contribution in [0.15, 0.2) is 12.1 Å². The first-order valence-corrected chi connectivity index (χ1v) is 7.10. The van der Waals surface area contributed by atoms with E-state index in [9.17, 15) is 4.79 Å². The molecule has 104 valence electrons. The van der Waals surface area contributed by atoms with Gasteiger partial charge in [-0.1, -0.05) is 25.4 Å². The third-order valence-corrected chi connectivity index (χ3v) is 4.48. The van der Waals surface area contributed by atoms with Gasteiger partial charge in [0.2, 0.25) is 0 Å². The summed E-state index contributed by atoms with van der Waals surface area (Å²) in [5, 5.41) is 0.264. The number of nitrogen functional groups attached to an aromatic ring is 1. The van der Waals surface area contributed by atoms with E-state index in [-0.39, 0.29) is 22.3 Å². The van der Waals surface area contributed by atoms with Crippen molar-refractivity contribution in [2.45, 2.75) is 33.1 Å². The van der Waals surface area contributed by atoms with Crippen LogP contribution in [0.5, 0.6) is 0 Å².